The first-order valence-electron chi connectivity index (χ1n) is 8.36. The second kappa shape index (κ2) is 9.58. The van der Waals surface area contributed by atoms with Gasteiger partial charge in [-0.2, -0.15) is 0 Å². The number of aromatic amines is 1. The Morgan fingerprint density at radius 1 is 1.00 bits per heavy atom. The molecule has 5 nitrogen and oxygen atoms in total. The lowest BCUT2D eigenvalue weighted by Gasteiger charge is -2.25. The second-order valence-corrected chi connectivity index (χ2v) is 7.55. The molecule has 1 heterocycles. The molecule has 2 N–H and O–H groups in total. The van der Waals surface area contributed by atoms with Crippen LogP contribution in [0.4, 0.5) is 5.82 Å². The van der Waals surface area contributed by atoms with Gasteiger partial charge in [-0.3, -0.25) is 9.88 Å². The first kappa shape index (κ1) is 18.7. The molecule has 6 heteroatoms. The summed E-state index contributed by atoms with van der Waals surface area (Å²) in [5.74, 6) is 0.183. The Kier molecular flexibility index (Phi) is 7.44. The van der Waals surface area contributed by atoms with E-state index in [-0.39, 0.29) is 0 Å². The van der Waals surface area contributed by atoms with Crippen LogP contribution < -0.4 is 10.3 Å². The van der Waals surface area contributed by atoms with Crippen molar-refractivity contribution in [2.24, 2.45) is 0 Å². The molecule has 1 aromatic heterocycles. The molecule has 0 saturated carbocycles. The molecule has 0 bridgehead atoms. The molecular formula is C18H26N2O3P+. The van der Waals surface area contributed by atoms with Crippen LogP contribution in [0.25, 0.3) is 0 Å². The molecule has 0 aliphatic heterocycles. The molecule has 0 aliphatic carbocycles. The topological polar surface area (TPSA) is 61.7 Å². The van der Waals surface area contributed by atoms with Crippen LogP contribution in [0.3, 0.4) is 0 Å². The normalized spacial score (nSPS) is 12.8. The van der Waals surface area contributed by atoms with E-state index in [2.05, 4.69) is 10.3 Å². The first-order valence-corrected chi connectivity index (χ1v) is 9.97. The van der Waals surface area contributed by atoms with Crippen molar-refractivity contribution in [2.75, 3.05) is 18.5 Å². The SMILES string of the molecule is CCCOP(=O)(OCCC)[C@@H](Nc1cccc[nH+]1)c1ccccc1. The Morgan fingerprint density at radius 3 is 2.17 bits per heavy atom. The third-order valence-electron chi connectivity index (χ3n) is 3.38. The summed E-state index contributed by atoms with van der Waals surface area (Å²) in [6, 6.07) is 15.3. The van der Waals surface area contributed by atoms with Crippen molar-refractivity contribution < 1.29 is 18.6 Å². The lowest BCUT2D eigenvalue weighted by Crippen LogP contribution is -2.20. The molecule has 24 heavy (non-hydrogen) atoms. The average molecular weight is 349 g/mol. The highest BCUT2D eigenvalue weighted by molar-refractivity contribution is 7.54. The van der Waals surface area contributed by atoms with Crippen LogP contribution >= 0.6 is 7.60 Å². The number of nitrogens with one attached hydrogen (secondary N) is 2. The van der Waals surface area contributed by atoms with Crippen LogP contribution in [0.5, 0.6) is 0 Å². The molecule has 1 aromatic carbocycles. The number of pyridine rings is 1. The molecule has 2 rings (SSSR count). The predicted molar refractivity (Wildman–Crippen MR) is 95.9 cm³/mol. The van der Waals surface area contributed by atoms with Crippen molar-refractivity contribution in [3.63, 3.8) is 0 Å². The maximum atomic E-state index is 13.5. The fourth-order valence-electron chi connectivity index (χ4n) is 2.23. The van der Waals surface area contributed by atoms with E-state index in [0.29, 0.717) is 13.2 Å². The van der Waals surface area contributed by atoms with Gasteiger partial charge in [0, 0.05) is 11.6 Å². The van der Waals surface area contributed by atoms with Gasteiger partial charge in [0.05, 0.1) is 19.4 Å². The Balaban J connectivity index is 2.35. The molecule has 2 aromatic rings. The van der Waals surface area contributed by atoms with E-state index in [1.165, 1.54) is 0 Å². The quantitative estimate of drug-likeness (QED) is 0.634. The van der Waals surface area contributed by atoms with Gasteiger partial charge < -0.3 is 9.05 Å². The lowest BCUT2D eigenvalue weighted by molar-refractivity contribution is -0.361. The van der Waals surface area contributed by atoms with Crippen molar-refractivity contribution in [1.29, 1.82) is 0 Å². The number of aromatic nitrogens is 1. The summed E-state index contributed by atoms with van der Waals surface area (Å²) >= 11 is 0. The van der Waals surface area contributed by atoms with Crippen LogP contribution in [0.2, 0.25) is 0 Å². The number of hydrogen-bond donors (Lipinski definition) is 1. The first-order chi connectivity index (χ1) is 11.7. The van der Waals surface area contributed by atoms with E-state index in [1.54, 1.807) is 0 Å². The van der Waals surface area contributed by atoms with E-state index < -0.39 is 13.4 Å². The van der Waals surface area contributed by atoms with E-state index in [9.17, 15) is 4.57 Å². The van der Waals surface area contributed by atoms with Crippen molar-refractivity contribution in [1.82, 2.24) is 0 Å². The van der Waals surface area contributed by atoms with Gasteiger partial charge >= 0.3 is 7.60 Å². The predicted octanol–water partition coefficient (Wildman–Crippen LogP) is 4.66. The number of hydrogen-bond acceptors (Lipinski definition) is 4. The lowest BCUT2D eigenvalue weighted by atomic mass is 10.2. The highest BCUT2D eigenvalue weighted by Crippen LogP contribution is 2.60. The molecule has 130 valence electrons. The van der Waals surface area contributed by atoms with Gasteiger partial charge in [0.15, 0.2) is 0 Å². The zero-order valence-electron chi connectivity index (χ0n) is 14.3. The maximum Gasteiger partial charge on any atom is 0.379 e. The summed E-state index contributed by atoms with van der Waals surface area (Å²) in [5.41, 5.74) is 0.866. The van der Waals surface area contributed by atoms with Gasteiger partial charge in [0.1, 0.15) is 0 Å². The monoisotopic (exact) mass is 349 g/mol. The summed E-state index contributed by atoms with van der Waals surface area (Å²) in [6.45, 7) is 4.76. The number of H-pyrrole nitrogens is 1. The van der Waals surface area contributed by atoms with Crippen LogP contribution in [0, 0.1) is 0 Å². The van der Waals surface area contributed by atoms with E-state index in [0.717, 1.165) is 24.2 Å². The molecular weight excluding hydrogens is 323 g/mol. The molecule has 1 atom stereocenters. The summed E-state index contributed by atoms with van der Waals surface area (Å²) in [7, 11) is -3.38. The molecule has 0 spiro atoms. The van der Waals surface area contributed by atoms with Gasteiger partial charge in [-0.05, 0) is 18.9 Å². The fourth-order valence-corrected chi connectivity index (χ4v) is 4.32. The Bertz CT molecular complexity index is 625. The zero-order valence-corrected chi connectivity index (χ0v) is 15.2. The Morgan fingerprint density at radius 2 is 1.62 bits per heavy atom. The van der Waals surface area contributed by atoms with Gasteiger partial charge in [-0.25, -0.2) is 4.98 Å². The third-order valence-corrected chi connectivity index (χ3v) is 5.53. The standard InChI is InChI=1S/C18H25N2O3P/c1-3-14-22-24(21,23-15-4-2)18(16-10-6-5-7-11-16)20-17-12-8-9-13-19-17/h5-13,18H,3-4,14-15H2,1-2H3,(H,19,20)/p+1/t18-/m1/s1. The smallest absolute Gasteiger partial charge is 0.305 e. The molecule has 0 aliphatic rings. The average Bonchev–Trinajstić information content (AvgIpc) is 2.64. The largest absolute Gasteiger partial charge is 0.379 e. The highest BCUT2D eigenvalue weighted by Gasteiger charge is 2.41. The molecule has 0 saturated heterocycles. The minimum Gasteiger partial charge on any atom is -0.305 e. The van der Waals surface area contributed by atoms with E-state index in [4.69, 9.17) is 9.05 Å². The number of rotatable bonds is 10. The third kappa shape index (κ3) is 5.17. The van der Waals surface area contributed by atoms with Crippen LogP contribution in [0.1, 0.15) is 38.0 Å². The van der Waals surface area contributed by atoms with Gasteiger partial charge in [0.2, 0.25) is 5.78 Å². The zero-order chi connectivity index (χ0) is 17.3. The molecule has 0 fully saturated rings. The minimum atomic E-state index is -3.38. The second-order valence-electron chi connectivity index (χ2n) is 5.44. The van der Waals surface area contributed by atoms with E-state index >= 15 is 0 Å². The van der Waals surface area contributed by atoms with E-state index in [1.807, 2.05) is 68.6 Å². The van der Waals surface area contributed by atoms with Gasteiger partial charge in [0.25, 0.3) is 5.82 Å². The molecule has 0 unspecified atom stereocenters. The highest BCUT2D eigenvalue weighted by atomic mass is 31.2. The maximum absolute atomic E-state index is 13.5. The molecule has 0 amide bonds. The minimum absolute atomic E-state index is 0.393. The fraction of sp³-hybridized carbons (Fsp3) is 0.389. The van der Waals surface area contributed by atoms with Crippen LogP contribution in [-0.2, 0) is 13.6 Å². The molecule has 0 radical (unpaired) electrons. The summed E-state index contributed by atoms with van der Waals surface area (Å²) in [6.07, 6.45) is 3.37. The van der Waals surface area contributed by atoms with Crippen LogP contribution in [0.15, 0.2) is 54.7 Å². The van der Waals surface area contributed by atoms with Gasteiger partial charge in [-0.15, -0.1) is 0 Å². The van der Waals surface area contributed by atoms with Gasteiger partial charge in [-0.1, -0.05) is 50.2 Å². The van der Waals surface area contributed by atoms with Crippen molar-refractivity contribution in [2.45, 2.75) is 32.5 Å². The van der Waals surface area contributed by atoms with Crippen LogP contribution in [-0.4, -0.2) is 13.2 Å². The summed E-state index contributed by atoms with van der Waals surface area (Å²) < 4.78 is 25.0. The Labute approximate surface area is 144 Å². The van der Waals surface area contributed by atoms with Crippen molar-refractivity contribution in [3.05, 3.63) is 60.3 Å². The van der Waals surface area contributed by atoms with Crippen molar-refractivity contribution in [3.8, 4) is 0 Å². The van der Waals surface area contributed by atoms with Crippen molar-refractivity contribution >= 4 is 13.4 Å². The Hall–Kier alpha value is -1.68. The number of benzene rings is 1. The number of anilines is 1. The summed E-state index contributed by atoms with van der Waals surface area (Å²) in [5, 5.41) is 3.29. The summed E-state index contributed by atoms with van der Waals surface area (Å²) in [4.78, 5) is 3.11.